The van der Waals surface area contributed by atoms with Gasteiger partial charge in [-0.15, -0.1) is 0 Å². The van der Waals surface area contributed by atoms with Gasteiger partial charge in [0.2, 0.25) is 5.91 Å². The zero-order chi connectivity index (χ0) is 45.8. The Balaban J connectivity index is 3.44. The molecule has 0 saturated carbocycles. The third-order valence-corrected chi connectivity index (χ3v) is 12.7. The number of nitrogens with one attached hydrogen (secondary N) is 1. The summed E-state index contributed by atoms with van der Waals surface area (Å²) in [5.74, 6) is -0.0734. The third-order valence-electron chi connectivity index (χ3n) is 12.7. The van der Waals surface area contributed by atoms with E-state index in [0.29, 0.717) is 19.4 Å². The highest BCUT2D eigenvalue weighted by atomic mass is 16.5. The highest BCUT2D eigenvalue weighted by molar-refractivity contribution is 5.76. The maximum absolute atomic E-state index is 12.4. The minimum absolute atomic E-state index is 0.00819. The molecule has 0 aromatic rings. The van der Waals surface area contributed by atoms with Crippen LogP contribution in [0.4, 0.5) is 0 Å². The second-order valence-electron chi connectivity index (χ2n) is 18.9. The van der Waals surface area contributed by atoms with Gasteiger partial charge < -0.3 is 20.3 Å². The molecule has 0 spiro atoms. The molecule has 0 saturated heterocycles. The molecule has 2 unspecified atom stereocenters. The standard InChI is InChI=1S/C57H107NO5/c1-3-5-7-9-11-13-14-15-28-31-35-39-43-47-51-57(62)63-52-48-44-40-36-32-29-26-24-22-20-18-16-17-19-21-23-25-27-30-34-38-42-46-50-56(61)58-54(53-59)55(60)49-45-41-37-33-12-10-8-6-4-2/h16,18-19,21,45,49,54-55,59-60H,3-15,17,20,22-44,46-48,50-53H2,1-2H3,(H,58,61)/b18-16-,21-19-,49-45+. The van der Waals surface area contributed by atoms with Crippen LogP contribution in [0.25, 0.3) is 0 Å². The van der Waals surface area contributed by atoms with Gasteiger partial charge in [0.25, 0.3) is 0 Å². The minimum atomic E-state index is -0.848. The summed E-state index contributed by atoms with van der Waals surface area (Å²) in [6.07, 6.45) is 64.6. The van der Waals surface area contributed by atoms with Crippen LogP contribution in [0.1, 0.15) is 290 Å². The fourth-order valence-electron chi connectivity index (χ4n) is 8.37. The first kappa shape index (κ1) is 61.1. The Morgan fingerprint density at radius 3 is 1.21 bits per heavy atom. The number of carbonyl (C=O) groups excluding carboxylic acids is 2. The molecule has 0 aliphatic heterocycles. The van der Waals surface area contributed by atoms with Crippen molar-refractivity contribution in [1.29, 1.82) is 0 Å². The number of carbonyl (C=O) groups is 2. The van der Waals surface area contributed by atoms with Crippen molar-refractivity contribution in [1.82, 2.24) is 5.32 Å². The number of rotatable bonds is 51. The summed E-state index contributed by atoms with van der Waals surface area (Å²) in [5, 5.41) is 22.9. The van der Waals surface area contributed by atoms with Gasteiger partial charge in [0.05, 0.1) is 25.4 Å². The quantitative estimate of drug-likeness (QED) is 0.0321. The van der Waals surface area contributed by atoms with Gasteiger partial charge in [0.1, 0.15) is 0 Å². The van der Waals surface area contributed by atoms with Gasteiger partial charge in [-0.1, -0.05) is 249 Å². The molecule has 63 heavy (non-hydrogen) atoms. The summed E-state index contributed by atoms with van der Waals surface area (Å²) in [6.45, 7) is 4.87. The van der Waals surface area contributed by atoms with E-state index in [1.54, 1.807) is 6.08 Å². The smallest absolute Gasteiger partial charge is 0.305 e. The van der Waals surface area contributed by atoms with Crippen LogP contribution >= 0.6 is 0 Å². The van der Waals surface area contributed by atoms with Crippen molar-refractivity contribution >= 4 is 11.9 Å². The average Bonchev–Trinajstić information content (AvgIpc) is 3.28. The van der Waals surface area contributed by atoms with E-state index in [4.69, 9.17) is 4.74 Å². The fourth-order valence-corrected chi connectivity index (χ4v) is 8.37. The van der Waals surface area contributed by atoms with Crippen LogP contribution in [0.2, 0.25) is 0 Å². The number of aliphatic hydroxyl groups excluding tert-OH is 2. The Hall–Kier alpha value is -1.92. The van der Waals surface area contributed by atoms with Crippen LogP contribution in [0.3, 0.4) is 0 Å². The normalized spacial score (nSPS) is 12.9. The molecule has 0 aromatic carbocycles. The van der Waals surface area contributed by atoms with Crippen LogP contribution in [-0.2, 0) is 14.3 Å². The molecule has 0 fully saturated rings. The summed E-state index contributed by atoms with van der Waals surface area (Å²) < 4.78 is 5.47. The maximum atomic E-state index is 12.4. The monoisotopic (exact) mass is 886 g/mol. The van der Waals surface area contributed by atoms with E-state index >= 15 is 0 Å². The summed E-state index contributed by atoms with van der Waals surface area (Å²) in [6, 6.07) is -0.633. The van der Waals surface area contributed by atoms with Gasteiger partial charge in [0.15, 0.2) is 0 Å². The Kier molecular flexibility index (Phi) is 51.1. The number of unbranched alkanes of at least 4 members (excludes halogenated alkanes) is 36. The molecule has 0 aliphatic carbocycles. The van der Waals surface area contributed by atoms with Crippen molar-refractivity contribution < 1.29 is 24.5 Å². The summed E-state index contributed by atoms with van der Waals surface area (Å²) >= 11 is 0. The second kappa shape index (κ2) is 52.7. The number of allylic oxidation sites excluding steroid dienone is 5. The van der Waals surface area contributed by atoms with Gasteiger partial charge in [-0.2, -0.15) is 0 Å². The first-order chi connectivity index (χ1) is 31.0. The number of amides is 1. The van der Waals surface area contributed by atoms with Crippen LogP contribution in [0.5, 0.6) is 0 Å². The number of hydrogen-bond donors (Lipinski definition) is 3. The van der Waals surface area contributed by atoms with E-state index in [-0.39, 0.29) is 18.5 Å². The second-order valence-corrected chi connectivity index (χ2v) is 18.9. The van der Waals surface area contributed by atoms with E-state index in [0.717, 1.165) is 57.8 Å². The lowest BCUT2D eigenvalue weighted by atomic mass is 10.0. The van der Waals surface area contributed by atoms with Gasteiger partial charge in [0, 0.05) is 12.8 Å². The predicted molar refractivity (Wildman–Crippen MR) is 273 cm³/mol. The van der Waals surface area contributed by atoms with Crippen LogP contribution < -0.4 is 5.32 Å². The molecule has 0 heterocycles. The number of hydrogen-bond acceptors (Lipinski definition) is 5. The molecule has 0 aromatic heterocycles. The molecule has 2 atom stereocenters. The van der Waals surface area contributed by atoms with Crippen molar-refractivity contribution in [2.45, 2.75) is 302 Å². The van der Waals surface area contributed by atoms with E-state index in [1.165, 1.54) is 205 Å². The molecule has 3 N–H and O–H groups in total. The van der Waals surface area contributed by atoms with Crippen molar-refractivity contribution in [3.63, 3.8) is 0 Å². The predicted octanol–water partition coefficient (Wildman–Crippen LogP) is 16.9. The number of ether oxygens (including phenoxy) is 1. The lowest BCUT2D eigenvalue weighted by Crippen LogP contribution is -2.45. The lowest BCUT2D eigenvalue weighted by Gasteiger charge is -2.20. The highest BCUT2D eigenvalue weighted by Gasteiger charge is 2.18. The van der Waals surface area contributed by atoms with Gasteiger partial charge in [-0.25, -0.2) is 0 Å². The van der Waals surface area contributed by atoms with E-state index in [2.05, 4.69) is 43.5 Å². The molecule has 0 aliphatic rings. The Morgan fingerprint density at radius 1 is 0.444 bits per heavy atom. The molecule has 0 bridgehead atoms. The largest absolute Gasteiger partial charge is 0.466 e. The zero-order valence-corrected chi connectivity index (χ0v) is 42.1. The topological polar surface area (TPSA) is 95.9 Å². The van der Waals surface area contributed by atoms with Gasteiger partial charge >= 0.3 is 5.97 Å². The van der Waals surface area contributed by atoms with E-state index in [9.17, 15) is 19.8 Å². The number of esters is 1. The van der Waals surface area contributed by atoms with Crippen LogP contribution in [-0.4, -0.2) is 47.4 Å². The van der Waals surface area contributed by atoms with Crippen molar-refractivity contribution in [2.75, 3.05) is 13.2 Å². The molecule has 370 valence electrons. The van der Waals surface area contributed by atoms with Crippen molar-refractivity contribution in [3.05, 3.63) is 36.5 Å². The molecule has 6 nitrogen and oxygen atoms in total. The Labute approximate surface area is 392 Å². The van der Waals surface area contributed by atoms with Gasteiger partial charge in [-0.3, -0.25) is 9.59 Å². The highest BCUT2D eigenvalue weighted by Crippen LogP contribution is 2.16. The van der Waals surface area contributed by atoms with Crippen LogP contribution in [0, 0.1) is 0 Å². The summed E-state index contributed by atoms with van der Waals surface area (Å²) in [5.41, 5.74) is 0. The zero-order valence-electron chi connectivity index (χ0n) is 42.1. The first-order valence-corrected chi connectivity index (χ1v) is 27.8. The summed E-state index contributed by atoms with van der Waals surface area (Å²) in [4.78, 5) is 24.4. The van der Waals surface area contributed by atoms with Crippen molar-refractivity contribution in [3.8, 4) is 0 Å². The Bertz CT molecular complexity index is 1020. The third kappa shape index (κ3) is 49.4. The molecule has 0 radical (unpaired) electrons. The molecular formula is C57H107NO5. The first-order valence-electron chi connectivity index (χ1n) is 27.8. The SMILES string of the molecule is CCCCCCCCC/C=C/C(O)C(CO)NC(=O)CCCCCCCCC/C=C\C/C=C\CCCCCCCCCCCOC(=O)CCCCCCCCCCCCCCCC. The van der Waals surface area contributed by atoms with Crippen LogP contribution in [0.15, 0.2) is 36.5 Å². The maximum Gasteiger partial charge on any atom is 0.305 e. The molecular weight excluding hydrogens is 779 g/mol. The molecule has 0 rings (SSSR count). The number of aliphatic hydroxyl groups is 2. The summed E-state index contributed by atoms with van der Waals surface area (Å²) in [7, 11) is 0. The Morgan fingerprint density at radius 2 is 0.794 bits per heavy atom. The lowest BCUT2D eigenvalue weighted by molar-refractivity contribution is -0.143. The van der Waals surface area contributed by atoms with Crippen molar-refractivity contribution in [2.24, 2.45) is 0 Å². The van der Waals surface area contributed by atoms with E-state index < -0.39 is 12.1 Å². The average molecular weight is 886 g/mol. The fraction of sp³-hybridized carbons (Fsp3) is 0.860. The molecule has 1 amide bonds. The minimum Gasteiger partial charge on any atom is -0.466 e. The van der Waals surface area contributed by atoms with E-state index in [1.807, 2.05) is 6.08 Å². The van der Waals surface area contributed by atoms with Gasteiger partial charge in [-0.05, 0) is 64.2 Å². The molecule has 6 heteroatoms.